The van der Waals surface area contributed by atoms with Gasteiger partial charge in [0, 0.05) is 25.8 Å². The zero-order valence-corrected chi connectivity index (χ0v) is 14.9. The van der Waals surface area contributed by atoms with Gasteiger partial charge in [-0.3, -0.25) is 4.99 Å². The van der Waals surface area contributed by atoms with E-state index in [1.54, 1.807) is 18.3 Å². The maximum Gasteiger partial charge on any atom is 2.00 e. The van der Waals surface area contributed by atoms with Crippen LogP contribution in [-0.2, 0) is 25.0 Å². The molecule has 0 aliphatic carbocycles. The second-order valence-corrected chi connectivity index (χ2v) is 3.11. The first-order valence-electron chi connectivity index (χ1n) is 5.01. The van der Waals surface area contributed by atoms with Gasteiger partial charge in [0.25, 0.3) is 0 Å². The Hall–Kier alpha value is -0.327. The largest absolute Gasteiger partial charge is 2.00 e. The molecular weight excluding hydrogens is 351 g/mol. The van der Waals surface area contributed by atoms with Crippen LogP contribution in [0.15, 0.2) is 29.3 Å². The molecule has 0 radical (unpaired) electrons. The van der Waals surface area contributed by atoms with Crippen molar-refractivity contribution in [1.29, 1.82) is 0 Å². The minimum Gasteiger partial charge on any atom is -1.00 e. The van der Waals surface area contributed by atoms with Gasteiger partial charge in [-0.1, -0.05) is 24.3 Å². The van der Waals surface area contributed by atoms with Crippen LogP contribution in [-0.4, -0.2) is 32.4 Å². The molecule has 1 rings (SSSR count). The monoisotopic (exact) mass is 368 g/mol. The van der Waals surface area contributed by atoms with E-state index in [0.29, 0.717) is 18.7 Å². The second-order valence-electron chi connectivity index (χ2n) is 3.11. The summed E-state index contributed by atoms with van der Waals surface area (Å²) in [7, 11) is 0. The van der Waals surface area contributed by atoms with Gasteiger partial charge in [0.2, 0.25) is 0 Å². The molecule has 0 saturated carbocycles. The molecule has 0 aliphatic heterocycles. The number of nitrogens with two attached hydrogens (primary N) is 1. The standard InChI is InChI=1S/C11H17N3O.BrH.H2O.Zn/c12-5-6-13-7-8-14-9-10-3-1-2-4-11(10)15;;;/h1-4,9,13,15H,5-8,12H2;1H;1H2;/q;;;+2/p-1. The van der Waals surface area contributed by atoms with Crippen molar-refractivity contribution < 1.29 is 47.0 Å². The average Bonchev–Trinajstić information content (AvgIpc) is 2.25. The molecular formula is C11H19BrN3O2Zn+. The van der Waals surface area contributed by atoms with Crippen LogP contribution in [0.25, 0.3) is 0 Å². The Balaban J connectivity index is -0.000000750. The Morgan fingerprint density at radius 3 is 2.56 bits per heavy atom. The van der Waals surface area contributed by atoms with Crippen molar-refractivity contribution in [3.63, 3.8) is 0 Å². The van der Waals surface area contributed by atoms with Crippen LogP contribution < -0.4 is 33.1 Å². The summed E-state index contributed by atoms with van der Waals surface area (Å²) >= 11 is 0. The van der Waals surface area contributed by atoms with Gasteiger partial charge in [0.1, 0.15) is 0 Å². The summed E-state index contributed by atoms with van der Waals surface area (Å²) in [6, 6.07) is 6.85. The maximum absolute atomic E-state index is 11.3. The Kier molecular flexibility index (Phi) is 18.7. The molecule has 0 aliphatic rings. The van der Waals surface area contributed by atoms with E-state index in [1.807, 2.05) is 6.07 Å². The molecule has 18 heavy (non-hydrogen) atoms. The van der Waals surface area contributed by atoms with Crippen molar-refractivity contribution in [1.82, 2.24) is 5.32 Å². The van der Waals surface area contributed by atoms with Crippen molar-refractivity contribution in [2.24, 2.45) is 10.7 Å². The number of hydrogen-bond donors (Lipinski definition) is 2. The van der Waals surface area contributed by atoms with Crippen LogP contribution in [0, 0.1) is 0 Å². The van der Waals surface area contributed by atoms with Crippen LogP contribution in [0.3, 0.4) is 0 Å². The minimum atomic E-state index is 0. The number of nitrogens with one attached hydrogen (secondary N) is 1. The van der Waals surface area contributed by atoms with E-state index in [1.165, 1.54) is 6.07 Å². The molecule has 0 amide bonds. The molecule has 98 valence electrons. The van der Waals surface area contributed by atoms with Gasteiger partial charge in [-0.2, -0.15) is 0 Å². The summed E-state index contributed by atoms with van der Waals surface area (Å²) in [6.45, 7) is 2.88. The van der Waals surface area contributed by atoms with Crippen molar-refractivity contribution in [3.05, 3.63) is 29.8 Å². The topological polar surface area (TPSA) is 106 Å². The fourth-order valence-corrected chi connectivity index (χ4v) is 1.12. The molecule has 0 spiro atoms. The first-order valence-corrected chi connectivity index (χ1v) is 5.01. The van der Waals surface area contributed by atoms with Crippen molar-refractivity contribution >= 4 is 6.21 Å². The van der Waals surface area contributed by atoms with Crippen LogP contribution >= 0.6 is 0 Å². The van der Waals surface area contributed by atoms with Gasteiger partial charge in [0.15, 0.2) is 0 Å². The summed E-state index contributed by atoms with van der Waals surface area (Å²) < 4.78 is 0. The Bertz CT molecular complexity index is 327. The van der Waals surface area contributed by atoms with E-state index in [2.05, 4.69) is 10.3 Å². The first kappa shape index (κ1) is 22.8. The Labute approximate surface area is 131 Å². The van der Waals surface area contributed by atoms with E-state index in [4.69, 9.17) is 5.73 Å². The number of para-hydroxylation sites is 1. The third-order valence-corrected chi connectivity index (χ3v) is 1.89. The number of rotatable bonds is 6. The molecule has 7 heteroatoms. The molecule has 6 N–H and O–H groups in total. The summed E-state index contributed by atoms with van der Waals surface area (Å²) in [6.07, 6.45) is 1.62. The number of benzene rings is 1. The molecule has 0 fully saturated rings. The second kappa shape index (κ2) is 14.7. The molecule has 0 heterocycles. The number of hydrogen-bond acceptors (Lipinski definition) is 4. The van der Waals surface area contributed by atoms with Crippen molar-refractivity contribution in [2.75, 3.05) is 26.2 Å². The molecule has 5 nitrogen and oxygen atoms in total. The van der Waals surface area contributed by atoms with Gasteiger partial charge in [-0.15, -0.1) is 5.75 Å². The fourth-order valence-electron chi connectivity index (χ4n) is 1.12. The normalized spacial score (nSPS) is 9.17. The number of nitrogens with zero attached hydrogens (tertiary/aromatic N) is 1. The predicted octanol–water partition coefficient (Wildman–Crippen LogP) is -4.19. The van der Waals surface area contributed by atoms with Crippen LogP contribution in [0.5, 0.6) is 5.75 Å². The molecule has 0 atom stereocenters. The first-order chi connectivity index (χ1) is 7.34. The quantitative estimate of drug-likeness (QED) is 0.229. The van der Waals surface area contributed by atoms with Gasteiger partial charge in [-0.05, 0) is 5.56 Å². The molecule has 1 aromatic carbocycles. The third kappa shape index (κ3) is 9.68. The van der Waals surface area contributed by atoms with Gasteiger partial charge in [-0.25, -0.2) is 0 Å². The fraction of sp³-hybridized carbons (Fsp3) is 0.364. The van der Waals surface area contributed by atoms with E-state index < -0.39 is 0 Å². The zero-order valence-electron chi connectivity index (χ0n) is 10.3. The summed E-state index contributed by atoms with van der Waals surface area (Å²) in [5.41, 5.74) is 5.95. The van der Waals surface area contributed by atoms with E-state index in [0.717, 1.165) is 13.1 Å². The summed E-state index contributed by atoms with van der Waals surface area (Å²) in [5.74, 6) is 0.0103. The van der Waals surface area contributed by atoms with Gasteiger partial charge >= 0.3 is 19.5 Å². The molecule has 0 unspecified atom stereocenters. The van der Waals surface area contributed by atoms with E-state index in [-0.39, 0.29) is 47.7 Å². The SMILES string of the molecule is NCCNCCN=Cc1ccccc1[O-].[Br-].[OH3+].[Zn+2]. The van der Waals surface area contributed by atoms with E-state index >= 15 is 0 Å². The molecule has 1 aromatic rings. The van der Waals surface area contributed by atoms with Crippen LogP contribution in [0.1, 0.15) is 5.56 Å². The Morgan fingerprint density at radius 1 is 1.28 bits per heavy atom. The van der Waals surface area contributed by atoms with E-state index in [9.17, 15) is 5.11 Å². The Morgan fingerprint density at radius 2 is 1.94 bits per heavy atom. The number of halogens is 1. The molecule has 0 aromatic heterocycles. The third-order valence-electron chi connectivity index (χ3n) is 1.89. The maximum atomic E-state index is 11.3. The average molecular weight is 371 g/mol. The smallest absolute Gasteiger partial charge is 1.00 e. The molecule has 0 bridgehead atoms. The van der Waals surface area contributed by atoms with Crippen LogP contribution in [0.4, 0.5) is 0 Å². The predicted molar refractivity (Wildman–Crippen MR) is 65.1 cm³/mol. The van der Waals surface area contributed by atoms with Crippen molar-refractivity contribution in [2.45, 2.75) is 0 Å². The summed E-state index contributed by atoms with van der Waals surface area (Å²) in [4.78, 5) is 4.15. The van der Waals surface area contributed by atoms with Crippen LogP contribution in [0.2, 0.25) is 0 Å². The zero-order chi connectivity index (χ0) is 10.9. The summed E-state index contributed by atoms with van der Waals surface area (Å²) in [5, 5.41) is 14.4. The van der Waals surface area contributed by atoms with Crippen molar-refractivity contribution in [3.8, 4) is 5.75 Å². The van der Waals surface area contributed by atoms with Gasteiger partial charge in [0.05, 0.1) is 6.54 Å². The molecule has 0 saturated heterocycles. The number of aliphatic imine (C=N–C) groups is 1. The minimum absolute atomic E-state index is 0. The van der Waals surface area contributed by atoms with Gasteiger partial charge < -0.3 is 38.6 Å².